The molecule has 2 aliphatic heterocycles. The van der Waals surface area contributed by atoms with Gasteiger partial charge in [-0.3, -0.25) is 9.69 Å². The van der Waals surface area contributed by atoms with E-state index in [4.69, 9.17) is 25.8 Å². The summed E-state index contributed by atoms with van der Waals surface area (Å²) in [5, 5.41) is 3.35. The largest absolute Gasteiger partial charge is 0.495 e. The highest BCUT2D eigenvalue weighted by atomic mass is 35.5. The second kappa shape index (κ2) is 7.91. The highest BCUT2D eigenvalue weighted by molar-refractivity contribution is 6.32. The lowest BCUT2D eigenvalue weighted by atomic mass is 9.86. The quantitative estimate of drug-likeness (QED) is 0.865. The zero-order valence-corrected chi connectivity index (χ0v) is 15.5. The topological polar surface area (TPSA) is 60.0 Å². The van der Waals surface area contributed by atoms with Gasteiger partial charge in [0, 0.05) is 32.5 Å². The molecule has 0 aliphatic carbocycles. The van der Waals surface area contributed by atoms with Gasteiger partial charge in [0.25, 0.3) is 0 Å². The molecular formula is C18H25ClN2O4. The minimum Gasteiger partial charge on any atom is -0.495 e. The number of halogens is 1. The number of benzene rings is 1. The Hall–Kier alpha value is -1.34. The molecule has 0 saturated carbocycles. The summed E-state index contributed by atoms with van der Waals surface area (Å²) in [5.74, 6) is 0.514. The van der Waals surface area contributed by atoms with E-state index in [-0.39, 0.29) is 17.6 Å². The monoisotopic (exact) mass is 368 g/mol. The van der Waals surface area contributed by atoms with Crippen LogP contribution >= 0.6 is 11.6 Å². The number of carbonyl (C=O) groups excluding carboxylic acids is 1. The molecule has 1 aromatic carbocycles. The van der Waals surface area contributed by atoms with Crippen LogP contribution < -0.4 is 10.1 Å². The van der Waals surface area contributed by atoms with Crippen LogP contribution in [0.1, 0.15) is 19.3 Å². The van der Waals surface area contributed by atoms with E-state index in [0.717, 1.165) is 32.4 Å². The normalized spacial score (nSPS) is 26.8. The van der Waals surface area contributed by atoms with Crippen molar-refractivity contribution in [2.45, 2.75) is 31.0 Å². The standard InChI is InChI=1S/C18H25ClN2O4/c1-23-15-5-4-13(10-14(15)19)20-17(22)12-21-8-7-18(6-3-9-25-18)16(11-21)24-2/h4-5,10,16H,3,6-9,11-12H2,1-2H3,(H,20,22)/t16-,18-/m1/s1. The molecule has 7 heteroatoms. The molecule has 0 bridgehead atoms. The number of carbonyl (C=O) groups is 1. The van der Waals surface area contributed by atoms with Gasteiger partial charge in [0.1, 0.15) is 5.75 Å². The van der Waals surface area contributed by atoms with Crippen LogP contribution in [-0.4, -0.2) is 63.0 Å². The molecule has 2 heterocycles. The molecule has 1 N–H and O–H groups in total. The highest BCUT2D eigenvalue weighted by Crippen LogP contribution is 2.37. The number of piperidine rings is 1. The number of hydrogen-bond acceptors (Lipinski definition) is 5. The van der Waals surface area contributed by atoms with Crippen LogP contribution in [0.3, 0.4) is 0 Å². The Labute approximate surface area is 153 Å². The van der Waals surface area contributed by atoms with Crippen molar-refractivity contribution >= 4 is 23.2 Å². The lowest BCUT2D eigenvalue weighted by molar-refractivity contribution is -0.145. The van der Waals surface area contributed by atoms with Crippen LogP contribution in [0, 0.1) is 0 Å². The van der Waals surface area contributed by atoms with Crippen molar-refractivity contribution in [1.82, 2.24) is 4.90 Å². The first-order valence-corrected chi connectivity index (χ1v) is 8.96. The number of ether oxygens (including phenoxy) is 3. The molecule has 0 radical (unpaired) electrons. The van der Waals surface area contributed by atoms with Crippen molar-refractivity contribution in [3.63, 3.8) is 0 Å². The predicted octanol–water partition coefficient (Wildman–Crippen LogP) is 2.56. The third kappa shape index (κ3) is 4.08. The van der Waals surface area contributed by atoms with Gasteiger partial charge in [-0.15, -0.1) is 0 Å². The molecule has 1 amide bonds. The maximum Gasteiger partial charge on any atom is 0.238 e. The lowest BCUT2D eigenvalue weighted by Crippen LogP contribution is -2.57. The van der Waals surface area contributed by atoms with Gasteiger partial charge in [0.05, 0.1) is 30.4 Å². The molecule has 2 atom stereocenters. The maximum atomic E-state index is 12.4. The van der Waals surface area contributed by atoms with Gasteiger partial charge in [-0.1, -0.05) is 11.6 Å². The van der Waals surface area contributed by atoms with E-state index < -0.39 is 0 Å². The van der Waals surface area contributed by atoms with Crippen molar-refractivity contribution < 1.29 is 19.0 Å². The predicted molar refractivity (Wildman–Crippen MR) is 96.4 cm³/mol. The summed E-state index contributed by atoms with van der Waals surface area (Å²) in [6.07, 6.45) is 3.02. The number of amides is 1. The Morgan fingerprint density at radius 3 is 2.92 bits per heavy atom. The van der Waals surface area contributed by atoms with Crippen molar-refractivity contribution in [2.24, 2.45) is 0 Å². The van der Waals surface area contributed by atoms with Gasteiger partial charge in [-0.25, -0.2) is 0 Å². The second-order valence-electron chi connectivity index (χ2n) is 6.62. The number of hydrogen-bond donors (Lipinski definition) is 1. The Morgan fingerprint density at radius 1 is 1.44 bits per heavy atom. The molecule has 0 aromatic heterocycles. The number of nitrogens with zero attached hydrogens (tertiary/aromatic N) is 1. The van der Waals surface area contributed by atoms with Crippen molar-refractivity contribution in [3.8, 4) is 5.75 Å². The smallest absolute Gasteiger partial charge is 0.238 e. The van der Waals surface area contributed by atoms with Crippen LogP contribution in [0.5, 0.6) is 5.75 Å². The minimum absolute atomic E-state index is 0.00646. The third-order valence-electron chi connectivity index (χ3n) is 5.08. The fourth-order valence-electron chi connectivity index (χ4n) is 3.75. The fraction of sp³-hybridized carbons (Fsp3) is 0.611. The van der Waals surface area contributed by atoms with E-state index in [1.54, 1.807) is 32.4 Å². The van der Waals surface area contributed by atoms with Crippen molar-refractivity contribution in [2.75, 3.05) is 45.8 Å². The third-order valence-corrected chi connectivity index (χ3v) is 5.38. The first-order valence-electron chi connectivity index (χ1n) is 8.59. The van der Waals surface area contributed by atoms with E-state index in [1.165, 1.54) is 0 Å². The summed E-state index contributed by atoms with van der Waals surface area (Å²) in [4.78, 5) is 14.5. The number of anilines is 1. The summed E-state index contributed by atoms with van der Waals surface area (Å²) in [5.41, 5.74) is 0.498. The van der Waals surface area contributed by atoms with Crippen LogP contribution in [0.2, 0.25) is 5.02 Å². The summed E-state index contributed by atoms with van der Waals surface area (Å²) < 4.78 is 16.8. The molecule has 2 aliphatic rings. The summed E-state index contributed by atoms with van der Waals surface area (Å²) >= 11 is 6.09. The zero-order chi connectivity index (χ0) is 17.9. The number of rotatable bonds is 5. The molecule has 3 rings (SSSR count). The lowest BCUT2D eigenvalue weighted by Gasteiger charge is -2.44. The molecule has 138 valence electrons. The van der Waals surface area contributed by atoms with Gasteiger partial charge in [0.2, 0.25) is 5.91 Å². The van der Waals surface area contributed by atoms with Crippen LogP contribution in [0.15, 0.2) is 18.2 Å². The van der Waals surface area contributed by atoms with Gasteiger partial charge < -0.3 is 19.5 Å². The summed E-state index contributed by atoms with van der Waals surface area (Å²) in [6.45, 7) is 2.65. The number of likely N-dealkylation sites (tertiary alicyclic amines) is 1. The van der Waals surface area contributed by atoms with Crippen LogP contribution in [0.25, 0.3) is 0 Å². The Kier molecular flexibility index (Phi) is 5.84. The number of methoxy groups -OCH3 is 2. The first kappa shape index (κ1) is 18.5. The zero-order valence-electron chi connectivity index (χ0n) is 14.7. The highest BCUT2D eigenvalue weighted by Gasteiger charge is 2.46. The van der Waals surface area contributed by atoms with E-state index in [0.29, 0.717) is 29.5 Å². The molecular weight excluding hydrogens is 344 g/mol. The summed E-state index contributed by atoms with van der Waals surface area (Å²) in [6, 6.07) is 5.20. The van der Waals surface area contributed by atoms with E-state index in [1.807, 2.05) is 0 Å². The van der Waals surface area contributed by atoms with Crippen molar-refractivity contribution in [3.05, 3.63) is 23.2 Å². The van der Waals surface area contributed by atoms with Crippen LogP contribution in [0.4, 0.5) is 5.69 Å². The Balaban J connectivity index is 1.55. The van der Waals surface area contributed by atoms with Crippen molar-refractivity contribution in [1.29, 1.82) is 0 Å². The van der Waals surface area contributed by atoms with Crippen LogP contribution in [-0.2, 0) is 14.3 Å². The molecule has 25 heavy (non-hydrogen) atoms. The Morgan fingerprint density at radius 2 is 2.28 bits per heavy atom. The van der Waals surface area contributed by atoms with Gasteiger partial charge in [0.15, 0.2) is 0 Å². The molecule has 0 unspecified atom stereocenters. The average molecular weight is 369 g/mol. The SMILES string of the molecule is COc1ccc(NC(=O)CN2CC[C@]3(CCCO3)[C@H](OC)C2)cc1Cl. The minimum atomic E-state index is -0.161. The molecule has 1 spiro atoms. The van der Waals surface area contributed by atoms with Gasteiger partial charge >= 0.3 is 0 Å². The molecule has 6 nitrogen and oxygen atoms in total. The molecule has 1 aromatic rings. The van der Waals surface area contributed by atoms with Gasteiger partial charge in [-0.05, 0) is 37.5 Å². The maximum absolute atomic E-state index is 12.4. The number of nitrogens with one attached hydrogen (secondary N) is 1. The van der Waals surface area contributed by atoms with Gasteiger partial charge in [-0.2, -0.15) is 0 Å². The van der Waals surface area contributed by atoms with E-state index in [2.05, 4.69) is 10.2 Å². The first-order chi connectivity index (χ1) is 12.1. The molecule has 2 saturated heterocycles. The molecule has 2 fully saturated rings. The van der Waals surface area contributed by atoms with E-state index in [9.17, 15) is 4.79 Å². The summed E-state index contributed by atoms with van der Waals surface area (Å²) in [7, 11) is 3.28. The average Bonchev–Trinajstić information content (AvgIpc) is 3.06. The Bertz CT molecular complexity index is 619. The van der Waals surface area contributed by atoms with E-state index >= 15 is 0 Å². The fourth-order valence-corrected chi connectivity index (χ4v) is 4.01. The second-order valence-corrected chi connectivity index (χ2v) is 7.03.